The highest BCUT2D eigenvalue weighted by atomic mass is 16.5. The van der Waals surface area contributed by atoms with Crippen molar-refractivity contribution in [2.24, 2.45) is 40.4 Å². The van der Waals surface area contributed by atoms with Gasteiger partial charge in [-0.2, -0.15) is 0 Å². The summed E-state index contributed by atoms with van der Waals surface area (Å²) in [6.07, 6.45) is 7.35. The Morgan fingerprint density at radius 2 is 1.85 bits per heavy atom. The molecule has 5 fully saturated rings. The number of hydrogen-bond donors (Lipinski definition) is 1. The minimum Gasteiger partial charge on any atom is -0.370 e. The van der Waals surface area contributed by atoms with Gasteiger partial charge in [-0.3, -0.25) is 9.59 Å². The summed E-state index contributed by atoms with van der Waals surface area (Å²) >= 11 is 0. The van der Waals surface area contributed by atoms with Gasteiger partial charge in [-0.1, -0.05) is 27.7 Å². The maximum absolute atomic E-state index is 12.8. The van der Waals surface area contributed by atoms with Crippen LogP contribution < -0.4 is 5.32 Å². The van der Waals surface area contributed by atoms with Crippen LogP contribution in [0.5, 0.6) is 0 Å². The Morgan fingerprint density at radius 1 is 1.07 bits per heavy atom. The van der Waals surface area contributed by atoms with Crippen molar-refractivity contribution < 1.29 is 14.3 Å². The van der Waals surface area contributed by atoms with E-state index in [0.29, 0.717) is 35.9 Å². The van der Waals surface area contributed by atoms with Crippen LogP contribution in [0.15, 0.2) is 0 Å². The Kier molecular flexibility index (Phi) is 3.75. The van der Waals surface area contributed by atoms with Gasteiger partial charge in [0.25, 0.3) is 0 Å². The number of carbonyl (C=O) groups excluding carboxylic acids is 2. The summed E-state index contributed by atoms with van der Waals surface area (Å²) in [5.41, 5.74) is -0.362. The van der Waals surface area contributed by atoms with Gasteiger partial charge in [0.2, 0.25) is 5.91 Å². The molecule has 5 aliphatic rings. The van der Waals surface area contributed by atoms with Crippen LogP contribution >= 0.6 is 0 Å². The van der Waals surface area contributed by atoms with Crippen LogP contribution in [0.3, 0.4) is 0 Å². The van der Waals surface area contributed by atoms with Gasteiger partial charge in [-0.05, 0) is 55.8 Å². The van der Waals surface area contributed by atoms with Gasteiger partial charge in [0.1, 0.15) is 5.78 Å². The van der Waals surface area contributed by atoms with Crippen LogP contribution in [0.25, 0.3) is 0 Å². The van der Waals surface area contributed by atoms with E-state index in [9.17, 15) is 9.59 Å². The lowest BCUT2D eigenvalue weighted by molar-refractivity contribution is -0.313. The molecule has 4 heteroatoms. The van der Waals surface area contributed by atoms with Crippen molar-refractivity contribution in [2.75, 3.05) is 6.54 Å². The van der Waals surface area contributed by atoms with Crippen LogP contribution in [-0.2, 0) is 14.3 Å². The molecule has 1 amide bonds. The van der Waals surface area contributed by atoms with Crippen molar-refractivity contribution >= 4 is 11.7 Å². The highest BCUT2D eigenvalue weighted by molar-refractivity contribution is 5.86. The lowest BCUT2D eigenvalue weighted by Crippen LogP contribution is -2.71. The topological polar surface area (TPSA) is 55.4 Å². The average Bonchev–Trinajstić information content (AvgIpc) is 3.00. The van der Waals surface area contributed by atoms with Gasteiger partial charge in [0.05, 0.1) is 11.7 Å². The normalized spacial score (nSPS) is 53.6. The molecule has 3 saturated carbocycles. The molecule has 2 aliphatic heterocycles. The molecule has 0 radical (unpaired) electrons. The molecule has 150 valence electrons. The lowest BCUT2D eigenvalue weighted by atomic mass is 9.42. The second-order valence-electron chi connectivity index (χ2n) is 11.1. The number of amides is 1. The lowest BCUT2D eigenvalue weighted by Gasteiger charge is -2.69. The third-order valence-corrected chi connectivity index (χ3v) is 9.95. The number of fused-ring (bicyclic) bond motifs is 3. The number of carbonyl (C=O) groups is 2. The summed E-state index contributed by atoms with van der Waals surface area (Å²) in [5, 5.41) is 3.10. The van der Waals surface area contributed by atoms with E-state index < -0.39 is 0 Å². The van der Waals surface area contributed by atoms with Crippen molar-refractivity contribution in [3.8, 4) is 0 Å². The highest BCUT2D eigenvalue weighted by Crippen LogP contribution is 2.67. The van der Waals surface area contributed by atoms with Gasteiger partial charge in [-0.15, -0.1) is 0 Å². The Hall–Kier alpha value is -0.900. The minimum atomic E-state index is -0.301. The van der Waals surface area contributed by atoms with E-state index in [4.69, 9.17) is 4.74 Å². The second-order valence-corrected chi connectivity index (χ2v) is 11.1. The van der Waals surface area contributed by atoms with Gasteiger partial charge < -0.3 is 10.1 Å². The van der Waals surface area contributed by atoms with Gasteiger partial charge in [-0.25, -0.2) is 0 Å². The van der Waals surface area contributed by atoms with E-state index in [-0.39, 0.29) is 34.4 Å². The molecule has 8 atom stereocenters. The predicted octanol–water partition coefficient (Wildman–Crippen LogP) is 3.73. The number of Topliss-reactive ketones (excluding diaryl/α,β-unsaturated/α-hetero) is 1. The fourth-order valence-electron chi connectivity index (χ4n) is 8.13. The molecule has 27 heavy (non-hydrogen) atoms. The number of nitrogens with one attached hydrogen (secondary N) is 1. The maximum Gasteiger partial charge on any atom is 0.223 e. The van der Waals surface area contributed by atoms with Gasteiger partial charge >= 0.3 is 0 Å². The first kappa shape index (κ1) is 18.1. The summed E-state index contributed by atoms with van der Waals surface area (Å²) in [6.45, 7) is 9.99. The molecule has 4 nitrogen and oxygen atoms in total. The van der Waals surface area contributed by atoms with E-state index >= 15 is 0 Å². The van der Waals surface area contributed by atoms with Crippen molar-refractivity contribution in [3.05, 3.63) is 0 Å². The molecule has 0 aromatic rings. The van der Waals surface area contributed by atoms with Crippen molar-refractivity contribution in [3.63, 3.8) is 0 Å². The van der Waals surface area contributed by atoms with Crippen LogP contribution in [0.1, 0.15) is 72.6 Å². The van der Waals surface area contributed by atoms with E-state index in [1.54, 1.807) is 0 Å². The summed E-state index contributed by atoms with van der Waals surface area (Å²) in [7, 11) is 0. The third kappa shape index (κ3) is 2.14. The molecule has 1 N–H and O–H groups in total. The van der Waals surface area contributed by atoms with Crippen molar-refractivity contribution in [2.45, 2.75) is 84.3 Å². The Balaban J connectivity index is 1.58. The summed E-state index contributed by atoms with van der Waals surface area (Å²) < 4.78 is 7.26. The molecular weight excluding hydrogens is 338 g/mol. The third-order valence-electron chi connectivity index (χ3n) is 9.95. The van der Waals surface area contributed by atoms with E-state index in [1.165, 1.54) is 12.8 Å². The summed E-state index contributed by atoms with van der Waals surface area (Å²) in [6, 6.07) is 0. The quantitative estimate of drug-likeness (QED) is 0.704. The second kappa shape index (κ2) is 5.58. The zero-order valence-corrected chi connectivity index (χ0v) is 17.3. The molecule has 0 bridgehead atoms. The number of ketones is 1. The summed E-state index contributed by atoms with van der Waals surface area (Å²) in [5.74, 6) is 2.62. The van der Waals surface area contributed by atoms with Crippen LogP contribution in [0, 0.1) is 40.4 Å². The zero-order chi connectivity index (χ0) is 19.2. The first-order chi connectivity index (χ1) is 12.7. The zero-order valence-electron chi connectivity index (χ0n) is 17.3. The van der Waals surface area contributed by atoms with Gasteiger partial charge in [0, 0.05) is 36.1 Å². The fourth-order valence-corrected chi connectivity index (χ4v) is 8.13. The molecule has 2 heterocycles. The molecule has 3 aliphatic carbocycles. The monoisotopic (exact) mass is 373 g/mol. The molecule has 0 aromatic carbocycles. The highest BCUT2D eigenvalue weighted by Gasteiger charge is 2.69. The number of hydrogen-bond acceptors (Lipinski definition) is 3. The standard InChI is InChI=1S/C23H35NO3/c1-13-5-8-17-21(2,3)18(25)9-10-23(17)22(13,4)11-14-6-7-15-16(19(14)27-23)12-24-20(15)26/h13-17,19H,5-12H2,1-4H3,(H,24,26). The summed E-state index contributed by atoms with van der Waals surface area (Å²) in [4.78, 5) is 25.1. The first-order valence-electron chi connectivity index (χ1n) is 11.2. The van der Waals surface area contributed by atoms with Crippen molar-refractivity contribution in [1.82, 2.24) is 5.32 Å². The Bertz CT molecular complexity index is 687. The SMILES string of the molecule is CC1CCC2C(C)(C)C(=O)CCC23OC2C(CCC4C(=O)NCC42)CC13C. The predicted molar refractivity (Wildman–Crippen MR) is 103 cm³/mol. The molecular formula is C23H35NO3. The van der Waals surface area contributed by atoms with Crippen molar-refractivity contribution in [1.29, 1.82) is 0 Å². The van der Waals surface area contributed by atoms with Crippen LogP contribution in [-0.4, -0.2) is 29.9 Å². The number of rotatable bonds is 0. The molecule has 0 aromatic heterocycles. The average molecular weight is 374 g/mol. The van der Waals surface area contributed by atoms with E-state index in [1.807, 2.05) is 0 Å². The number of ether oxygens (including phenoxy) is 1. The molecule has 2 saturated heterocycles. The van der Waals surface area contributed by atoms with E-state index in [0.717, 1.165) is 32.2 Å². The smallest absolute Gasteiger partial charge is 0.223 e. The Morgan fingerprint density at radius 3 is 2.63 bits per heavy atom. The van der Waals surface area contributed by atoms with E-state index in [2.05, 4.69) is 33.0 Å². The largest absolute Gasteiger partial charge is 0.370 e. The molecule has 8 unspecified atom stereocenters. The Labute approximate surface area is 163 Å². The molecule has 5 rings (SSSR count). The van der Waals surface area contributed by atoms with Crippen LogP contribution in [0.4, 0.5) is 0 Å². The maximum atomic E-state index is 12.8. The minimum absolute atomic E-state index is 0.137. The fraction of sp³-hybridized carbons (Fsp3) is 0.913. The van der Waals surface area contributed by atoms with Crippen LogP contribution in [0.2, 0.25) is 0 Å². The van der Waals surface area contributed by atoms with Gasteiger partial charge in [0.15, 0.2) is 0 Å². The first-order valence-corrected chi connectivity index (χ1v) is 11.2. The molecule has 1 spiro atoms.